The number of carboxylic acid groups (broad SMARTS) is 2. The van der Waals surface area contributed by atoms with Gasteiger partial charge in [-0.2, -0.15) is 0 Å². The largest absolute Gasteiger partial charge is 0.487 e. The number of nitrogens with one attached hydrogen (secondary N) is 3. The van der Waals surface area contributed by atoms with Crippen LogP contribution in [-0.4, -0.2) is 39.9 Å². The number of hydrogen-bond donors (Lipinski definition) is 5. The van der Waals surface area contributed by atoms with Gasteiger partial charge in [0.25, 0.3) is 0 Å². The summed E-state index contributed by atoms with van der Waals surface area (Å²) in [5, 5.41) is 25.5. The van der Waals surface area contributed by atoms with E-state index >= 15 is 0 Å². The summed E-state index contributed by atoms with van der Waals surface area (Å²) in [7, 11) is 0. The minimum Gasteiger partial charge on any atom is -0.487 e. The van der Waals surface area contributed by atoms with Crippen LogP contribution in [0.1, 0.15) is 54.5 Å². The van der Waals surface area contributed by atoms with Crippen LogP contribution in [0.5, 0.6) is 11.5 Å². The molecule has 5 N–H and O–H groups in total. The number of ether oxygens (including phenoxy) is 2. The highest BCUT2D eigenvalue weighted by molar-refractivity contribution is 9.11. The van der Waals surface area contributed by atoms with Gasteiger partial charge in [-0.05, 0) is 160 Å². The number of rotatable bonds is 14. The molecule has 0 aliphatic heterocycles. The molecule has 0 bridgehead atoms. The zero-order valence-electron chi connectivity index (χ0n) is 29.6. The summed E-state index contributed by atoms with van der Waals surface area (Å²) in [6.45, 7) is 7.39. The average molecular weight is 999 g/mol. The molecule has 4 rings (SSSR count). The van der Waals surface area contributed by atoms with Crippen LogP contribution in [0.3, 0.4) is 0 Å². The van der Waals surface area contributed by atoms with E-state index in [1.165, 1.54) is 13.8 Å². The highest BCUT2D eigenvalue weighted by atomic mass is 79.9. The molecule has 0 saturated heterocycles. The summed E-state index contributed by atoms with van der Waals surface area (Å²) < 4.78 is 14.5. The average Bonchev–Trinajstić information content (AvgIpc) is 3.01. The summed E-state index contributed by atoms with van der Waals surface area (Å²) in [4.78, 5) is 55.4. The Hall–Kier alpha value is -4.25. The van der Waals surface area contributed by atoms with Crippen LogP contribution in [0.4, 0.5) is 17.1 Å². The van der Waals surface area contributed by atoms with Crippen molar-refractivity contribution in [3.05, 3.63) is 106 Å². The zero-order valence-corrected chi connectivity index (χ0v) is 35.9. The summed E-state index contributed by atoms with van der Waals surface area (Å²) in [6, 6.07) is 18.4. The lowest BCUT2D eigenvalue weighted by molar-refractivity contribution is -0.140. The number of amides is 3. The number of halogens is 4. The maximum absolute atomic E-state index is 11.6. The summed E-state index contributed by atoms with van der Waals surface area (Å²) in [6.07, 6.45) is -0.0868. The lowest BCUT2D eigenvalue weighted by atomic mass is 10.1. The van der Waals surface area contributed by atoms with Crippen molar-refractivity contribution in [2.45, 2.75) is 60.2 Å². The Morgan fingerprint density at radius 1 is 0.556 bits per heavy atom. The molecular formula is C38H37Br4N3O9. The second-order valence-corrected chi connectivity index (χ2v) is 15.4. The fraction of sp³-hybridized carbons (Fsp3) is 0.237. The van der Waals surface area contributed by atoms with Gasteiger partial charge < -0.3 is 35.6 Å². The Morgan fingerprint density at radius 3 is 1.35 bits per heavy atom. The standard InChI is InChI=1S/C19H18Br2N2O5.C19H19Br2NO4/c1-10-3-12(5-13(4-10)22-11(2)24)9-28-19-15(20)6-14(7-16(19)21)23-17(25)8-18(26)27;1-11-5-14(7-15(6-11)22-12(2)23)10-26-19-16(20)8-13(9-17(19)21)3-4-18(24)25/h3-7H,8-9H2,1-2H3,(H,22,24)(H,23,25)(H,26,27);5-9H,3-4,10H2,1-2H3,(H,22,23)(H,24,25). The molecule has 54 heavy (non-hydrogen) atoms. The quantitative estimate of drug-likeness (QED) is 0.0769. The van der Waals surface area contributed by atoms with Crippen LogP contribution in [0.25, 0.3) is 0 Å². The van der Waals surface area contributed by atoms with E-state index in [9.17, 15) is 24.0 Å². The van der Waals surface area contributed by atoms with Crippen molar-refractivity contribution in [3.8, 4) is 11.5 Å². The Balaban J connectivity index is 0.000000291. The number of benzene rings is 4. The molecule has 0 atom stereocenters. The van der Waals surface area contributed by atoms with Crippen molar-refractivity contribution in [1.82, 2.24) is 0 Å². The summed E-state index contributed by atoms with van der Waals surface area (Å²) in [5.74, 6) is -1.75. The highest BCUT2D eigenvalue weighted by Crippen LogP contribution is 2.38. The van der Waals surface area contributed by atoms with Crippen LogP contribution in [0, 0.1) is 13.8 Å². The Bertz CT molecular complexity index is 2010. The van der Waals surface area contributed by atoms with Crippen molar-refractivity contribution in [2.24, 2.45) is 0 Å². The minimum atomic E-state index is -1.20. The van der Waals surface area contributed by atoms with E-state index in [1.54, 1.807) is 12.1 Å². The topological polar surface area (TPSA) is 180 Å². The number of aliphatic carboxylic acids is 2. The van der Waals surface area contributed by atoms with Crippen molar-refractivity contribution >= 4 is 110 Å². The predicted octanol–water partition coefficient (Wildman–Crippen LogP) is 9.55. The van der Waals surface area contributed by atoms with Crippen molar-refractivity contribution < 1.29 is 43.7 Å². The Kier molecular flexibility index (Phi) is 17.2. The summed E-state index contributed by atoms with van der Waals surface area (Å²) >= 11 is 13.8. The van der Waals surface area contributed by atoms with E-state index in [4.69, 9.17) is 19.7 Å². The van der Waals surface area contributed by atoms with Crippen molar-refractivity contribution in [1.29, 1.82) is 0 Å². The Labute approximate surface area is 345 Å². The van der Waals surface area contributed by atoms with E-state index in [2.05, 4.69) is 79.7 Å². The maximum Gasteiger partial charge on any atom is 0.312 e. The first-order chi connectivity index (χ1) is 25.4. The lowest BCUT2D eigenvalue weighted by Gasteiger charge is -2.14. The number of anilines is 3. The number of hydrogen-bond acceptors (Lipinski definition) is 7. The first-order valence-electron chi connectivity index (χ1n) is 16.1. The van der Waals surface area contributed by atoms with E-state index in [-0.39, 0.29) is 24.8 Å². The maximum atomic E-state index is 11.6. The highest BCUT2D eigenvalue weighted by Gasteiger charge is 2.14. The third kappa shape index (κ3) is 15.2. The molecular weight excluding hydrogens is 962 g/mol. The number of carboxylic acids is 2. The molecule has 3 amide bonds. The van der Waals surface area contributed by atoms with Crippen LogP contribution in [0.2, 0.25) is 0 Å². The first kappa shape index (κ1) is 44.1. The molecule has 0 saturated carbocycles. The van der Waals surface area contributed by atoms with Gasteiger partial charge in [-0.3, -0.25) is 24.0 Å². The fourth-order valence-corrected chi connectivity index (χ4v) is 7.94. The molecule has 0 unspecified atom stereocenters. The van der Waals surface area contributed by atoms with Crippen molar-refractivity contribution in [2.75, 3.05) is 16.0 Å². The Morgan fingerprint density at radius 2 is 0.963 bits per heavy atom. The normalized spacial score (nSPS) is 10.4. The number of carbonyl (C=O) groups is 5. The molecule has 4 aromatic rings. The second kappa shape index (κ2) is 21.0. The third-order valence-corrected chi connectivity index (χ3v) is 9.32. The van der Waals surface area contributed by atoms with E-state index in [1.807, 2.05) is 62.4 Å². The molecule has 286 valence electrons. The molecule has 0 radical (unpaired) electrons. The molecule has 4 aromatic carbocycles. The van der Waals surface area contributed by atoms with Gasteiger partial charge in [0.1, 0.15) is 31.1 Å². The van der Waals surface area contributed by atoms with Gasteiger partial charge in [-0.15, -0.1) is 0 Å². The van der Waals surface area contributed by atoms with Crippen molar-refractivity contribution in [3.63, 3.8) is 0 Å². The minimum absolute atomic E-state index is 0.0777. The molecule has 0 aliphatic carbocycles. The molecule has 0 fully saturated rings. The van der Waals surface area contributed by atoms with Gasteiger partial charge in [0.05, 0.1) is 17.9 Å². The lowest BCUT2D eigenvalue weighted by Crippen LogP contribution is -2.16. The molecule has 16 heteroatoms. The number of aryl methyl sites for hydroxylation is 3. The van der Waals surface area contributed by atoms with Gasteiger partial charge in [-0.1, -0.05) is 12.1 Å². The third-order valence-electron chi connectivity index (χ3n) is 6.96. The molecule has 0 heterocycles. The summed E-state index contributed by atoms with van der Waals surface area (Å²) in [5.41, 5.74) is 6.59. The zero-order chi connectivity index (χ0) is 40.1. The van der Waals surface area contributed by atoms with E-state index < -0.39 is 24.3 Å². The van der Waals surface area contributed by atoms with E-state index in [0.29, 0.717) is 44.8 Å². The van der Waals surface area contributed by atoms with Gasteiger partial charge in [0.2, 0.25) is 17.7 Å². The van der Waals surface area contributed by atoms with Gasteiger partial charge in [0.15, 0.2) is 0 Å². The van der Waals surface area contributed by atoms with E-state index in [0.717, 1.165) is 42.5 Å². The second-order valence-electron chi connectivity index (χ2n) is 12.0. The monoisotopic (exact) mass is 995 g/mol. The molecule has 0 spiro atoms. The predicted molar refractivity (Wildman–Crippen MR) is 220 cm³/mol. The van der Waals surface area contributed by atoms with Gasteiger partial charge in [0, 0.05) is 37.3 Å². The van der Waals surface area contributed by atoms with Crippen LogP contribution in [-0.2, 0) is 43.6 Å². The van der Waals surface area contributed by atoms with Crippen LogP contribution < -0.4 is 25.4 Å². The molecule has 0 aromatic heterocycles. The number of carbonyl (C=O) groups excluding carboxylic acids is 3. The molecule has 0 aliphatic rings. The first-order valence-corrected chi connectivity index (χ1v) is 19.3. The SMILES string of the molecule is CC(=O)Nc1cc(C)cc(COc2c(Br)cc(CCC(=O)O)cc2Br)c1.CC(=O)Nc1cc(C)cc(COc2c(Br)cc(NC(=O)CC(=O)O)cc2Br)c1. The fourth-order valence-electron chi connectivity index (χ4n) is 5.01. The smallest absolute Gasteiger partial charge is 0.312 e. The van der Waals surface area contributed by atoms with Gasteiger partial charge >= 0.3 is 11.9 Å². The van der Waals surface area contributed by atoms with Crippen LogP contribution in [0.15, 0.2) is 78.6 Å². The molecule has 12 nitrogen and oxygen atoms in total. The van der Waals surface area contributed by atoms with Gasteiger partial charge in [-0.25, -0.2) is 0 Å². The van der Waals surface area contributed by atoms with Crippen LogP contribution >= 0.6 is 63.7 Å².